The Morgan fingerprint density at radius 1 is 1.37 bits per heavy atom. The zero-order chi connectivity index (χ0) is 13.7. The molecular weight excluding hydrogens is 311 g/mol. The van der Waals surface area contributed by atoms with Crippen LogP contribution in [0.15, 0.2) is 41.0 Å². The molecule has 0 fully saturated rings. The minimum Gasteiger partial charge on any atom is -0.436 e. The number of halogens is 2. The Kier molecular flexibility index (Phi) is 4.87. The monoisotopic (exact) mass is 324 g/mol. The van der Waals surface area contributed by atoms with E-state index in [0.29, 0.717) is 12.4 Å². The Labute approximate surface area is 119 Å². The van der Waals surface area contributed by atoms with Crippen LogP contribution in [0.2, 0.25) is 0 Å². The summed E-state index contributed by atoms with van der Waals surface area (Å²) in [5.74, 6) is 0.186. The average Bonchev–Trinajstić information content (AvgIpc) is 2.41. The Bertz CT molecular complexity index is 563. The van der Waals surface area contributed by atoms with E-state index >= 15 is 0 Å². The number of hydrogen-bond donors (Lipinski definition) is 1. The first kappa shape index (κ1) is 14.0. The van der Waals surface area contributed by atoms with Crippen molar-refractivity contribution in [2.45, 2.75) is 13.5 Å². The molecule has 0 unspecified atom stereocenters. The summed E-state index contributed by atoms with van der Waals surface area (Å²) in [5.41, 5.74) is 0.875. The number of ether oxygens (including phenoxy) is 1. The summed E-state index contributed by atoms with van der Waals surface area (Å²) in [6, 6.07) is 8.19. The van der Waals surface area contributed by atoms with Crippen molar-refractivity contribution in [3.05, 3.63) is 52.4 Å². The van der Waals surface area contributed by atoms with Gasteiger partial charge in [-0.05, 0) is 40.7 Å². The predicted molar refractivity (Wildman–Crippen MR) is 75.8 cm³/mol. The fourth-order valence-electron chi connectivity index (χ4n) is 1.58. The van der Waals surface area contributed by atoms with Gasteiger partial charge in [0.1, 0.15) is 0 Å². The van der Waals surface area contributed by atoms with E-state index in [1.54, 1.807) is 24.4 Å². The summed E-state index contributed by atoms with van der Waals surface area (Å²) in [5, 5.41) is 3.20. The molecule has 0 spiro atoms. The molecule has 3 nitrogen and oxygen atoms in total. The lowest BCUT2D eigenvalue weighted by Crippen LogP contribution is -2.13. The molecule has 19 heavy (non-hydrogen) atoms. The summed E-state index contributed by atoms with van der Waals surface area (Å²) in [6.07, 6.45) is 1.63. The Morgan fingerprint density at radius 3 is 2.89 bits per heavy atom. The number of aromatic nitrogens is 1. The third-order valence-corrected chi connectivity index (χ3v) is 2.93. The zero-order valence-corrected chi connectivity index (χ0v) is 12.1. The number of hydrogen-bond acceptors (Lipinski definition) is 3. The fourth-order valence-corrected chi connectivity index (χ4v) is 1.96. The van der Waals surface area contributed by atoms with E-state index in [-0.39, 0.29) is 5.75 Å². The highest BCUT2D eigenvalue weighted by Gasteiger charge is 2.10. The lowest BCUT2D eigenvalue weighted by atomic mass is 10.2. The van der Waals surface area contributed by atoms with Crippen LogP contribution in [0, 0.1) is 5.82 Å². The number of benzene rings is 1. The second-order valence-electron chi connectivity index (χ2n) is 3.93. The normalized spacial score (nSPS) is 10.5. The molecule has 1 aromatic heterocycles. The molecule has 0 amide bonds. The van der Waals surface area contributed by atoms with Gasteiger partial charge in [0.05, 0.1) is 0 Å². The van der Waals surface area contributed by atoms with Gasteiger partial charge in [-0.15, -0.1) is 0 Å². The lowest BCUT2D eigenvalue weighted by Gasteiger charge is -2.11. The third kappa shape index (κ3) is 3.75. The minimum atomic E-state index is -0.401. The van der Waals surface area contributed by atoms with Crippen molar-refractivity contribution in [2.24, 2.45) is 0 Å². The van der Waals surface area contributed by atoms with Crippen molar-refractivity contribution in [3.8, 4) is 11.6 Å². The maximum absolute atomic E-state index is 13.6. The topological polar surface area (TPSA) is 34.2 Å². The summed E-state index contributed by atoms with van der Waals surface area (Å²) in [6.45, 7) is 3.47. The smallest absolute Gasteiger partial charge is 0.223 e. The van der Waals surface area contributed by atoms with Crippen LogP contribution in [0.3, 0.4) is 0 Å². The zero-order valence-electron chi connectivity index (χ0n) is 10.5. The van der Waals surface area contributed by atoms with Gasteiger partial charge >= 0.3 is 0 Å². The van der Waals surface area contributed by atoms with Gasteiger partial charge in [-0.25, -0.2) is 9.37 Å². The Hall–Kier alpha value is -1.46. The highest BCUT2D eigenvalue weighted by Crippen LogP contribution is 2.27. The van der Waals surface area contributed by atoms with Crippen LogP contribution < -0.4 is 10.1 Å². The van der Waals surface area contributed by atoms with E-state index in [4.69, 9.17) is 4.74 Å². The minimum absolute atomic E-state index is 0.176. The van der Waals surface area contributed by atoms with Crippen molar-refractivity contribution in [2.75, 3.05) is 6.54 Å². The van der Waals surface area contributed by atoms with Gasteiger partial charge in [-0.2, -0.15) is 0 Å². The van der Waals surface area contributed by atoms with Crippen molar-refractivity contribution < 1.29 is 9.13 Å². The summed E-state index contributed by atoms with van der Waals surface area (Å²) >= 11 is 3.37. The first-order valence-corrected chi connectivity index (χ1v) is 6.77. The molecule has 0 bridgehead atoms. The molecule has 0 aliphatic carbocycles. The highest BCUT2D eigenvalue weighted by atomic mass is 79.9. The molecule has 2 rings (SSSR count). The van der Waals surface area contributed by atoms with E-state index < -0.39 is 5.82 Å². The first-order valence-electron chi connectivity index (χ1n) is 5.98. The number of rotatable bonds is 5. The molecule has 0 saturated carbocycles. The van der Waals surface area contributed by atoms with Crippen LogP contribution in [-0.4, -0.2) is 11.5 Å². The number of pyridine rings is 1. The molecular formula is C14H14BrFN2O. The average molecular weight is 325 g/mol. The second-order valence-corrected chi connectivity index (χ2v) is 4.85. The quantitative estimate of drug-likeness (QED) is 0.906. The molecule has 0 atom stereocenters. The van der Waals surface area contributed by atoms with Crippen molar-refractivity contribution in [3.63, 3.8) is 0 Å². The summed E-state index contributed by atoms with van der Waals surface area (Å²) < 4.78 is 20.0. The van der Waals surface area contributed by atoms with Gasteiger partial charge in [-0.3, -0.25) is 0 Å². The molecule has 1 heterocycles. The lowest BCUT2D eigenvalue weighted by molar-refractivity contribution is 0.420. The van der Waals surface area contributed by atoms with Crippen LogP contribution in [0.4, 0.5) is 4.39 Å². The summed E-state index contributed by atoms with van der Waals surface area (Å²) in [4.78, 5) is 4.19. The molecule has 1 N–H and O–H groups in total. The number of nitrogens with zero attached hydrogens (tertiary/aromatic N) is 1. The SMILES string of the molecule is CCNCc1cc(Br)cnc1Oc1ccccc1F. The maximum Gasteiger partial charge on any atom is 0.223 e. The van der Waals surface area contributed by atoms with Crippen LogP contribution in [0.25, 0.3) is 0 Å². The van der Waals surface area contributed by atoms with Crippen LogP contribution in [-0.2, 0) is 6.54 Å². The van der Waals surface area contributed by atoms with Gasteiger partial charge in [0.2, 0.25) is 5.88 Å². The highest BCUT2D eigenvalue weighted by molar-refractivity contribution is 9.10. The third-order valence-electron chi connectivity index (χ3n) is 2.50. The van der Waals surface area contributed by atoms with Crippen molar-refractivity contribution in [1.82, 2.24) is 10.3 Å². The van der Waals surface area contributed by atoms with Crippen LogP contribution >= 0.6 is 15.9 Å². The molecule has 2 aromatic rings. The van der Waals surface area contributed by atoms with Gasteiger partial charge in [0.15, 0.2) is 11.6 Å². The van der Waals surface area contributed by atoms with E-state index in [1.807, 2.05) is 13.0 Å². The van der Waals surface area contributed by atoms with E-state index in [0.717, 1.165) is 16.6 Å². The summed E-state index contributed by atoms with van der Waals surface area (Å²) in [7, 11) is 0. The molecule has 0 aliphatic heterocycles. The van der Waals surface area contributed by atoms with Crippen molar-refractivity contribution in [1.29, 1.82) is 0 Å². The molecule has 100 valence electrons. The first-order chi connectivity index (χ1) is 9.20. The Balaban J connectivity index is 2.26. The fraction of sp³-hybridized carbons (Fsp3) is 0.214. The van der Waals surface area contributed by atoms with Gasteiger partial charge < -0.3 is 10.1 Å². The van der Waals surface area contributed by atoms with Crippen LogP contribution in [0.1, 0.15) is 12.5 Å². The van der Waals surface area contributed by atoms with Gasteiger partial charge in [0.25, 0.3) is 0 Å². The predicted octanol–water partition coefficient (Wildman–Crippen LogP) is 3.89. The molecule has 0 saturated heterocycles. The van der Waals surface area contributed by atoms with Gasteiger partial charge in [-0.1, -0.05) is 19.1 Å². The Morgan fingerprint density at radius 2 is 2.16 bits per heavy atom. The number of nitrogens with one attached hydrogen (secondary N) is 1. The van der Waals surface area contributed by atoms with E-state index in [1.165, 1.54) is 6.07 Å². The van der Waals surface area contributed by atoms with Crippen LogP contribution in [0.5, 0.6) is 11.6 Å². The molecule has 0 radical (unpaired) electrons. The largest absolute Gasteiger partial charge is 0.436 e. The maximum atomic E-state index is 13.6. The van der Waals surface area contributed by atoms with E-state index in [9.17, 15) is 4.39 Å². The standard InChI is InChI=1S/C14H14BrFN2O/c1-2-17-8-10-7-11(15)9-18-14(10)19-13-6-4-3-5-12(13)16/h3-7,9,17H,2,8H2,1H3. The van der Waals surface area contributed by atoms with Gasteiger partial charge in [0, 0.05) is 22.8 Å². The molecule has 1 aromatic carbocycles. The molecule has 0 aliphatic rings. The van der Waals surface area contributed by atoms with E-state index in [2.05, 4.69) is 26.2 Å². The van der Waals surface area contributed by atoms with Crippen molar-refractivity contribution >= 4 is 15.9 Å². The number of para-hydroxylation sites is 1. The second kappa shape index (κ2) is 6.63. The molecule has 5 heteroatoms.